The molecule has 1 spiro atoms. The number of nitrogens with one attached hydrogen (secondary N) is 1. The van der Waals surface area contributed by atoms with Crippen LogP contribution in [0.2, 0.25) is 0 Å². The maximum absolute atomic E-state index is 13.6. The van der Waals surface area contributed by atoms with Gasteiger partial charge in [-0.1, -0.05) is 34.1 Å². The summed E-state index contributed by atoms with van der Waals surface area (Å²) in [6, 6.07) is 20.2. The highest BCUT2D eigenvalue weighted by atomic mass is 79.9. The quantitative estimate of drug-likeness (QED) is 0.341. The van der Waals surface area contributed by atoms with Crippen molar-refractivity contribution < 1.29 is 19.1 Å². The molecule has 0 radical (unpaired) electrons. The largest absolute Gasteiger partial charge is 0.492 e. The van der Waals surface area contributed by atoms with Crippen LogP contribution >= 0.6 is 15.9 Å². The van der Waals surface area contributed by atoms with Gasteiger partial charge in [-0.2, -0.15) is 0 Å². The summed E-state index contributed by atoms with van der Waals surface area (Å²) < 4.78 is 12.5. The van der Waals surface area contributed by atoms with E-state index in [2.05, 4.69) is 50.4 Å². The maximum atomic E-state index is 13.6. The zero-order valence-corrected chi connectivity index (χ0v) is 26.0. The molecule has 0 aliphatic carbocycles. The summed E-state index contributed by atoms with van der Waals surface area (Å²) in [5, 5.41) is 2.85. The van der Waals surface area contributed by atoms with Crippen molar-refractivity contribution in [2.45, 2.75) is 51.2 Å². The predicted molar refractivity (Wildman–Crippen MR) is 166 cm³/mol. The molecule has 41 heavy (non-hydrogen) atoms. The summed E-state index contributed by atoms with van der Waals surface area (Å²) in [5.74, 6) is 0.946. The molecule has 2 aliphatic rings. The number of carbonyl (C=O) groups excluding carboxylic acids is 2. The van der Waals surface area contributed by atoms with Gasteiger partial charge < -0.3 is 24.6 Å². The minimum absolute atomic E-state index is 0.0533. The number of hydrogen-bond acceptors (Lipinski definition) is 5. The van der Waals surface area contributed by atoms with E-state index in [1.165, 1.54) is 5.56 Å². The Labute approximate surface area is 250 Å². The molecular weight excluding hydrogens is 582 g/mol. The van der Waals surface area contributed by atoms with E-state index in [0.29, 0.717) is 31.8 Å². The Balaban J connectivity index is 1.28. The zero-order valence-electron chi connectivity index (χ0n) is 24.4. The van der Waals surface area contributed by atoms with Crippen molar-refractivity contribution in [2.24, 2.45) is 0 Å². The second kappa shape index (κ2) is 11.4. The first-order chi connectivity index (χ1) is 19.4. The van der Waals surface area contributed by atoms with Gasteiger partial charge in [0.2, 0.25) is 0 Å². The molecule has 2 aliphatic heterocycles. The van der Waals surface area contributed by atoms with Gasteiger partial charge in [0, 0.05) is 66.0 Å². The summed E-state index contributed by atoms with van der Waals surface area (Å²) >= 11 is 3.60. The van der Waals surface area contributed by atoms with Crippen LogP contribution in [0.3, 0.4) is 0 Å². The average molecular weight is 621 g/mol. The molecule has 1 saturated heterocycles. The highest BCUT2D eigenvalue weighted by molar-refractivity contribution is 9.10. The summed E-state index contributed by atoms with van der Waals surface area (Å²) in [6.45, 7) is 7.85. The Morgan fingerprint density at radius 2 is 1.80 bits per heavy atom. The van der Waals surface area contributed by atoms with Crippen molar-refractivity contribution in [3.63, 3.8) is 0 Å². The van der Waals surface area contributed by atoms with E-state index < -0.39 is 11.7 Å². The van der Waals surface area contributed by atoms with Gasteiger partial charge in [0.1, 0.15) is 11.4 Å². The minimum atomic E-state index is -0.541. The fourth-order valence-corrected chi connectivity index (χ4v) is 6.05. The van der Waals surface area contributed by atoms with Gasteiger partial charge >= 0.3 is 6.09 Å². The molecule has 3 aromatic carbocycles. The van der Waals surface area contributed by atoms with Crippen LogP contribution in [-0.4, -0.2) is 56.3 Å². The van der Waals surface area contributed by atoms with E-state index in [1.807, 2.05) is 76.2 Å². The molecule has 5 rings (SSSR count). The Hall–Kier alpha value is -3.52. The molecule has 1 N–H and O–H groups in total. The number of likely N-dealkylation sites (tertiary alicyclic amines) is 1. The number of carbonyl (C=O) groups is 2. The lowest BCUT2D eigenvalue weighted by Gasteiger charge is -2.38. The van der Waals surface area contributed by atoms with Crippen LogP contribution in [0.25, 0.3) is 11.1 Å². The van der Waals surface area contributed by atoms with Crippen LogP contribution in [0, 0.1) is 0 Å². The Bertz CT molecular complexity index is 1460. The lowest BCUT2D eigenvalue weighted by Crippen LogP contribution is -2.46. The number of piperidine rings is 1. The van der Waals surface area contributed by atoms with Crippen LogP contribution in [0.4, 0.5) is 10.5 Å². The first-order valence-electron chi connectivity index (χ1n) is 14.0. The van der Waals surface area contributed by atoms with Crippen LogP contribution in [-0.2, 0) is 16.7 Å². The summed E-state index contributed by atoms with van der Waals surface area (Å²) in [6.07, 6.45) is 1.22. The third kappa shape index (κ3) is 6.38. The highest BCUT2D eigenvalue weighted by Gasteiger charge is 2.44. The number of halogens is 1. The summed E-state index contributed by atoms with van der Waals surface area (Å²) in [7, 11) is 4.05. The fourth-order valence-electron chi connectivity index (χ4n) is 5.69. The number of hydrogen-bond donors (Lipinski definition) is 1. The predicted octanol–water partition coefficient (Wildman–Crippen LogP) is 6.77. The Morgan fingerprint density at radius 3 is 2.51 bits per heavy atom. The van der Waals surface area contributed by atoms with E-state index >= 15 is 0 Å². The second-order valence-corrected chi connectivity index (χ2v) is 13.1. The molecule has 0 unspecified atom stereocenters. The van der Waals surface area contributed by atoms with Gasteiger partial charge in [0.25, 0.3) is 5.91 Å². The van der Waals surface area contributed by atoms with Gasteiger partial charge in [-0.05, 0) is 87.2 Å². The number of amides is 2. The molecular formula is C33H38BrN3O4. The molecule has 0 bridgehead atoms. The SMILES string of the molecule is CN(C)c1ccc(Br)cc1-c1cccc(C(=O)N2CCC3(CC2)COc2ccc(CNC(=O)OC(C)(C)C)cc23)c1. The molecule has 2 amide bonds. The molecule has 0 saturated carbocycles. The average Bonchev–Trinajstić information content (AvgIpc) is 3.28. The van der Waals surface area contributed by atoms with Gasteiger partial charge in [0.05, 0.1) is 6.61 Å². The number of rotatable bonds is 5. The van der Waals surface area contributed by atoms with Crippen molar-refractivity contribution >= 4 is 33.6 Å². The third-order valence-corrected chi connectivity index (χ3v) is 8.32. The topological polar surface area (TPSA) is 71.1 Å². The van der Waals surface area contributed by atoms with Crippen LogP contribution in [0.1, 0.15) is 55.1 Å². The minimum Gasteiger partial charge on any atom is -0.492 e. The number of fused-ring (bicyclic) bond motifs is 2. The molecule has 0 aromatic heterocycles. The van der Waals surface area contributed by atoms with Crippen molar-refractivity contribution in [1.29, 1.82) is 0 Å². The van der Waals surface area contributed by atoms with Crippen molar-refractivity contribution in [2.75, 3.05) is 38.7 Å². The normalized spacial score (nSPS) is 15.7. The van der Waals surface area contributed by atoms with Gasteiger partial charge in [-0.25, -0.2) is 4.79 Å². The smallest absolute Gasteiger partial charge is 0.407 e. The molecule has 0 atom stereocenters. The lowest BCUT2D eigenvalue weighted by atomic mass is 9.74. The van der Waals surface area contributed by atoms with E-state index in [4.69, 9.17) is 9.47 Å². The number of benzene rings is 3. The molecule has 8 heteroatoms. The van der Waals surface area contributed by atoms with Gasteiger partial charge in [-0.3, -0.25) is 4.79 Å². The second-order valence-electron chi connectivity index (χ2n) is 12.2. The molecule has 3 aromatic rings. The number of alkyl carbamates (subject to hydrolysis) is 1. The van der Waals surface area contributed by atoms with Crippen molar-refractivity contribution in [3.8, 4) is 16.9 Å². The highest BCUT2D eigenvalue weighted by Crippen LogP contribution is 2.46. The number of ether oxygens (including phenoxy) is 2. The van der Waals surface area contributed by atoms with E-state index in [0.717, 1.165) is 45.4 Å². The summed E-state index contributed by atoms with van der Waals surface area (Å²) in [5.41, 5.74) is 5.38. The van der Waals surface area contributed by atoms with Gasteiger partial charge in [-0.15, -0.1) is 0 Å². The molecule has 216 valence electrons. The fraction of sp³-hybridized carbons (Fsp3) is 0.394. The van der Waals surface area contributed by atoms with Crippen molar-refractivity contribution in [3.05, 3.63) is 81.8 Å². The van der Waals surface area contributed by atoms with E-state index in [-0.39, 0.29) is 11.3 Å². The molecule has 2 heterocycles. The van der Waals surface area contributed by atoms with Crippen molar-refractivity contribution in [1.82, 2.24) is 10.2 Å². The third-order valence-electron chi connectivity index (χ3n) is 7.82. The molecule has 1 fully saturated rings. The van der Waals surface area contributed by atoms with E-state index in [1.54, 1.807) is 0 Å². The lowest BCUT2D eigenvalue weighted by molar-refractivity contribution is 0.0523. The number of anilines is 1. The first kappa shape index (κ1) is 29.0. The van der Waals surface area contributed by atoms with E-state index in [9.17, 15) is 9.59 Å². The van der Waals surface area contributed by atoms with Crippen LogP contribution in [0.15, 0.2) is 65.1 Å². The first-order valence-corrected chi connectivity index (χ1v) is 14.8. The zero-order chi connectivity index (χ0) is 29.4. The van der Waals surface area contributed by atoms with Gasteiger partial charge in [0.15, 0.2) is 0 Å². The van der Waals surface area contributed by atoms with Crippen LogP contribution < -0.4 is 15.0 Å². The standard InChI is InChI=1S/C33H38BrN3O4/c1-32(2,3)41-31(39)35-20-22-9-12-29-27(17-22)33(21-40-29)13-15-37(16-14-33)30(38)24-8-6-7-23(18-24)26-19-25(34)10-11-28(26)36(4)5/h6-12,17-19H,13-16,20-21H2,1-5H3,(H,35,39). The maximum Gasteiger partial charge on any atom is 0.407 e. The Kier molecular flexibility index (Phi) is 8.06. The van der Waals surface area contributed by atoms with Crippen LogP contribution in [0.5, 0.6) is 5.75 Å². The number of nitrogens with zero attached hydrogens (tertiary/aromatic N) is 2. The Morgan fingerprint density at radius 1 is 1.05 bits per heavy atom. The summed E-state index contributed by atoms with van der Waals surface area (Å²) in [4.78, 5) is 29.8. The molecule has 7 nitrogen and oxygen atoms in total. The monoisotopic (exact) mass is 619 g/mol.